The third kappa shape index (κ3) is 6.19. The van der Waals surface area contributed by atoms with Crippen LogP contribution in [-0.4, -0.2) is 58.7 Å². The quantitative estimate of drug-likeness (QED) is 0.646. The zero-order valence-corrected chi connectivity index (χ0v) is 17.2. The van der Waals surface area contributed by atoms with Gasteiger partial charge in [0.25, 0.3) is 5.91 Å². The van der Waals surface area contributed by atoms with Crippen LogP contribution in [-0.2, 0) is 14.8 Å². The van der Waals surface area contributed by atoms with E-state index >= 15 is 0 Å². The first-order chi connectivity index (χ1) is 12.8. The number of nitrogens with one attached hydrogen (secondary N) is 1. The molecule has 1 saturated heterocycles. The maximum Gasteiger partial charge on any atom is 0.257 e. The first kappa shape index (κ1) is 21.7. The Morgan fingerprint density at radius 3 is 2.56 bits per heavy atom. The highest BCUT2D eigenvalue weighted by molar-refractivity contribution is 7.89. The van der Waals surface area contributed by atoms with Crippen LogP contribution in [0.15, 0.2) is 23.1 Å². The van der Waals surface area contributed by atoms with E-state index in [0.717, 1.165) is 19.3 Å². The number of amides is 1. The van der Waals surface area contributed by atoms with Crippen LogP contribution >= 0.6 is 0 Å². The van der Waals surface area contributed by atoms with Gasteiger partial charge in [-0.05, 0) is 57.7 Å². The standard InChI is InChI=1S/C19H30N2O5S/c1-15(2)26-13-7-10-20-27(23,24)16-8-9-18(25-3)17(14-16)19(22)21-11-5-4-6-12-21/h8-9,14-15,20H,4-7,10-13H2,1-3H3. The Morgan fingerprint density at radius 2 is 1.93 bits per heavy atom. The van der Waals surface area contributed by atoms with Crippen molar-refractivity contribution in [3.8, 4) is 5.75 Å². The van der Waals surface area contributed by atoms with E-state index in [2.05, 4.69) is 4.72 Å². The third-order valence-corrected chi connectivity index (χ3v) is 5.88. The van der Waals surface area contributed by atoms with Gasteiger partial charge in [0, 0.05) is 26.2 Å². The third-order valence-electron chi connectivity index (χ3n) is 4.42. The van der Waals surface area contributed by atoms with Crippen molar-refractivity contribution in [2.24, 2.45) is 0 Å². The van der Waals surface area contributed by atoms with Crippen LogP contribution in [0.1, 0.15) is 49.9 Å². The molecule has 1 aliphatic rings. The number of rotatable bonds is 9. The Bertz CT molecular complexity index is 728. The van der Waals surface area contributed by atoms with E-state index < -0.39 is 10.0 Å². The van der Waals surface area contributed by atoms with E-state index in [1.54, 1.807) is 4.90 Å². The molecule has 1 aromatic rings. The highest BCUT2D eigenvalue weighted by Gasteiger charge is 2.24. The van der Waals surface area contributed by atoms with Crippen LogP contribution < -0.4 is 9.46 Å². The monoisotopic (exact) mass is 398 g/mol. The first-order valence-corrected chi connectivity index (χ1v) is 10.9. The van der Waals surface area contributed by atoms with Crippen LogP contribution in [0.3, 0.4) is 0 Å². The van der Waals surface area contributed by atoms with E-state index in [1.165, 1.54) is 25.3 Å². The normalized spacial score (nSPS) is 15.2. The molecule has 0 bridgehead atoms. The molecule has 0 atom stereocenters. The van der Waals surface area contributed by atoms with Crippen molar-refractivity contribution in [2.75, 3.05) is 33.4 Å². The van der Waals surface area contributed by atoms with Gasteiger partial charge in [0.1, 0.15) is 5.75 Å². The maximum atomic E-state index is 12.8. The lowest BCUT2D eigenvalue weighted by molar-refractivity contribution is 0.0720. The summed E-state index contributed by atoms with van der Waals surface area (Å²) in [6.07, 6.45) is 3.73. The van der Waals surface area contributed by atoms with E-state index in [1.807, 2.05) is 13.8 Å². The molecule has 0 aromatic heterocycles. The van der Waals surface area contributed by atoms with Gasteiger partial charge in [0.2, 0.25) is 10.0 Å². The average molecular weight is 399 g/mol. The predicted molar refractivity (Wildman–Crippen MR) is 104 cm³/mol. The number of piperidine rings is 1. The van der Waals surface area contributed by atoms with Gasteiger partial charge in [-0.3, -0.25) is 4.79 Å². The number of carbonyl (C=O) groups is 1. The predicted octanol–water partition coefficient (Wildman–Crippen LogP) is 2.41. The summed E-state index contributed by atoms with van der Waals surface area (Å²) in [4.78, 5) is 14.7. The molecule has 0 radical (unpaired) electrons. The van der Waals surface area contributed by atoms with Crippen molar-refractivity contribution in [1.29, 1.82) is 0 Å². The van der Waals surface area contributed by atoms with E-state index in [4.69, 9.17) is 9.47 Å². The Morgan fingerprint density at radius 1 is 1.22 bits per heavy atom. The molecular formula is C19H30N2O5S. The van der Waals surface area contributed by atoms with Crippen molar-refractivity contribution in [2.45, 2.75) is 50.5 Å². The van der Waals surface area contributed by atoms with Gasteiger partial charge in [-0.15, -0.1) is 0 Å². The number of sulfonamides is 1. The minimum atomic E-state index is -3.70. The second-order valence-corrected chi connectivity index (χ2v) is 8.65. The number of nitrogens with zero attached hydrogens (tertiary/aromatic N) is 1. The van der Waals surface area contributed by atoms with Gasteiger partial charge in [-0.2, -0.15) is 0 Å². The Balaban J connectivity index is 2.11. The molecule has 1 amide bonds. The molecule has 2 rings (SSSR count). The van der Waals surface area contributed by atoms with Crippen molar-refractivity contribution < 1.29 is 22.7 Å². The molecule has 8 heteroatoms. The molecule has 1 fully saturated rings. The van der Waals surface area contributed by atoms with Crippen LogP contribution in [0.2, 0.25) is 0 Å². The fourth-order valence-electron chi connectivity index (χ4n) is 2.97. The molecular weight excluding hydrogens is 368 g/mol. The molecule has 0 saturated carbocycles. The molecule has 152 valence electrons. The summed E-state index contributed by atoms with van der Waals surface area (Å²) in [6, 6.07) is 4.40. The smallest absolute Gasteiger partial charge is 0.257 e. The van der Waals surface area contributed by atoms with Crippen molar-refractivity contribution in [1.82, 2.24) is 9.62 Å². The number of benzene rings is 1. The lowest BCUT2D eigenvalue weighted by Gasteiger charge is -2.27. The summed E-state index contributed by atoms with van der Waals surface area (Å²) < 4.78 is 38.4. The summed E-state index contributed by atoms with van der Waals surface area (Å²) in [5.41, 5.74) is 0.283. The number of carbonyl (C=O) groups excluding carboxylic acids is 1. The molecule has 0 spiro atoms. The molecule has 0 unspecified atom stereocenters. The second kappa shape index (κ2) is 10.1. The van der Waals surface area contributed by atoms with Gasteiger partial charge >= 0.3 is 0 Å². The minimum absolute atomic E-state index is 0.0634. The molecule has 1 aromatic carbocycles. The number of hydrogen-bond donors (Lipinski definition) is 1. The zero-order valence-electron chi connectivity index (χ0n) is 16.4. The highest BCUT2D eigenvalue weighted by Crippen LogP contribution is 2.25. The zero-order chi connectivity index (χ0) is 19.9. The van der Waals surface area contributed by atoms with Crippen molar-refractivity contribution in [3.63, 3.8) is 0 Å². The fourth-order valence-corrected chi connectivity index (χ4v) is 4.07. The van der Waals surface area contributed by atoms with Gasteiger partial charge < -0.3 is 14.4 Å². The summed E-state index contributed by atoms with van der Waals surface area (Å²) >= 11 is 0. The van der Waals surface area contributed by atoms with Crippen LogP contribution in [0.4, 0.5) is 0 Å². The van der Waals surface area contributed by atoms with E-state index in [-0.39, 0.29) is 29.0 Å². The molecule has 1 N–H and O–H groups in total. The maximum absolute atomic E-state index is 12.8. The van der Waals surface area contributed by atoms with Gasteiger partial charge in [0.15, 0.2) is 0 Å². The minimum Gasteiger partial charge on any atom is -0.496 e. The molecule has 0 aliphatic carbocycles. The van der Waals surface area contributed by atoms with E-state index in [9.17, 15) is 13.2 Å². The van der Waals surface area contributed by atoms with Crippen LogP contribution in [0.25, 0.3) is 0 Å². The molecule has 7 nitrogen and oxygen atoms in total. The van der Waals surface area contributed by atoms with Crippen molar-refractivity contribution in [3.05, 3.63) is 23.8 Å². The summed E-state index contributed by atoms with van der Waals surface area (Å²) in [6.45, 7) is 6.00. The van der Waals surface area contributed by atoms with E-state index in [0.29, 0.717) is 31.9 Å². The number of methoxy groups -OCH3 is 1. The Kier molecular flexibility index (Phi) is 8.07. The van der Waals surface area contributed by atoms with Crippen LogP contribution in [0, 0.1) is 0 Å². The Labute approximate surface area is 162 Å². The SMILES string of the molecule is COc1ccc(S(=O)(=O)NCCCOC(C)C)cc1C(=O)N1CCCCC1. The lowest BCUT2D eigenvalue weighted by atomic mass is 10.1. The topological polar surface area (TPSA) is 84.9 Å². The average Bonchev–Trinajstić information content (AvgIpc) is 2.67. The van der Waals surface area contributed by atoms with Crippen LogP contribution in [0.5, 0.6) is 5.75 Å². The lowest BCUT2D eigenvalue weighted by Crippen LogP contribution is -2.36. The first-order valence-electron chi connectivity index (χ1n) is 9.43. The number of ether oxygens (including phenoxy) is 2. The second-order valence-electron chi connectivity index (χ2n) is 6.89. The van der Waals surface area contributed by atoms with Crippen molar-refractivity contribution >= 4 is 15.9 Å². The summed E-state index contributed by atoms with van der Waals surface area (Å²) in [5, 5.41) is 0. The summed E-state index contributed by atoms with van der Waals surface area (Å²) in [5.74, 6) is 0.198. The van der Waals surface area contributed by atoms with Gasteiger partial charge in [-0.25, -0.2) is 13.1 Å². The van der Waals surface area contributed by atoms with Gasteiger partial charge in [0.05, 0.1) is 23.7 Å². The highest BCUT2D eigenvalue weighted by atomic mass is 32.2. The largest absolute Gasteiger partial charge is 0.496 e. The molecule has 1 aliphatic heterocycles. The molecule has 1 heterocycles. The number of hydrogen-bond acceptors (Lipinski definition) is 5. The van der Waals surface area contributed by atoms with Gasteiger partial charge in [-0.1, -0.05) is 0 Å². The fraction of sp³-hybridized carbons (Fsp3) is 0.632. The Hall–Kier alpha value is -1.64. The number of likely N-dealkylation sites (tertiary alicyclic amines) is 1. The molecule has 27 heavy (non-hydrogen) atoms. The summed E-state index contributed by atoms with van der Waals surface area (Å²) in [7, 11) is -2.23.